The van der Waals surface area contributed by atoms with E-state index in [4.69, 9.17) is 5.73 Å². The van der Waals surface area contributed by atoms with Gasteiger partial charge in [0.1, 0.15) is 29.1 Å². The number of para-hydroxylation sites is 1. The highest BCUT2D eigenvalue weighted by molar-refractivity contribution is 5.92. The lowest BCUT2D eigenvalue weighted by Gasteiger charge is -2.08. The molecule has 0 unspecified atom stereocenters. The summed E-state index contributed by atoms with van der Waals surface area (Å²) in [7, 11) is 0. The molecule has 0 aliphatic rings. The first kappa shape index (κ1) is 17.2. The molecule has 29 heavy (non-hydrogen) atoms. The standard InChI is InChI=1S/C21H14F2N6/c22-14-4-5-16(13-8-25-11-26-9-13)12(6-14)7-15-10-29-20(27-15)17-2-1-3-18(23)19(17)28-21(29)24/h1-6,8-11H,7H2,(H2,24,28). The van der Waals surface area contributed by atoms with Gasteiger partial charge in [-0.05, 0) is 35.4 Å². The van der Waals surface area contributed by atoms with E-state index in [0.717, 1.165) is 16.7 Å². The number of aromatic nitrogens is 5. The van der Waals surface area contributed by atoms with E-state index in [1.54, 1.807) is 41.2 Å². The Morgan fingerprint density at radius 2 is 1.83 bits per heavy atom. The van der Waals surface area contributed by atoms with Crippen LogP contribution in [0.5, 0.6) is 0 Å². The van der Waals surface area contributed by atoms with E-state index < -0.39 is 5.82 Å². The van der Waals surface area contributed by atoms with E-state index in [-0.39, 0.29) is 17.3 Å². The highest BCUT2D eigenvalue weighted by atomic mass is 19.1. The maximum Gasteiger partial charge on any atom is 0.206 e. The van der Waals surface area contributed by atoms with Crippen molar-refractivity contribution >= 4 is 22.5 Å². The summed E-state index contributed by atoms with van der Waals surface area (Å²) in [5, 5.41) is 0.557. The molecule has 0 aliphatic carbocycles. The van der Waals surface area contributed by atoms with E-state index >= 15 is 0 Å². The van der Waals surface area contributed by atoms with Gasteiger partial charge in [0.15, 0.2) is 0 Å². The zero-order chi connectivity index (χ0) is 20.0. The number of benzene rings is 2. The Labute approximate surface area is 163 Å². The van der Waals surface area contributed by atoms with E-state index in [9.17, 15) is 8.78 Å². The summed E-state index contributed by atoms with van der Waals surface area (Å²) >= 11 is 0. The van der Waals surface area contributed by atoms with Crippen molar-refractivity contribution in [2.24, 2.45) is 0 Å². The number of nitrogen functional groups attached to an aromatic ring is 1. The second-order valence-electron chi connectivity index (χ2n) is 6.64. The minimum Gasteiger partial charge on any atom is -0.369 e. The summed E-state index contributed by atoms with van der Waals surface area (Å²) in [4.78, 5) is 16.8. The Bertz CT molecular complexity index is 1360. The number of imidazole rings is 1. The van der Waals surface area contributed by atoms with E-state index in [0.29, 0.717) is 23.1 Å². The first-order chi connectivity index (χ1) is 14.1. The van der Waals surface area contributed by atoms with Crippen LogP contribution < -0.4 is 5.73 Å². The molecular weight excluding hydrogens is 374 g/mol. The van der Waals surface area contributed by atoms with Crippen LogP contribution in [0.1, 0.15) is 11.3 Å². The summed E-state index contributed by atoms with van der Waals surface area (Å²) in [6, 6.07) is 9.23. The van der Waals surface area contributed by atoms with Gasteiger partial charge in [-0.1, -0.05) is 12.1 Å². The Hall–Kier alpha value is -3.94. The molecule has 0 atom stereocenters. The van der Waals surface area contributed by atoms with Crippen molar-refractivity contribution in [2.75, 3.05) is 5.73 Å². The van der Waals surface area contributed by atoms with Crippen molar-refractivity contribution < 1.29 is 8.78 Å². The molecule has 0 aliphatic heterocycles. The monoisotopic (exact) mass is 388 g/mol. The molecule has 5 rings (SSSR count). The van der Waals surface area contributed by atoms with Gasteiger partial charge in [0.05, 0.1) is 5.69 Å². The van der Waals surface area contributed by atoms with Crippen LogP contribution in [0.4, 0.5) is 14.7 Å². The van der Waals surface area contributed by atoms with Crippen molar-refractivity contribution in [3.8, 4) is 11.1 Å². The number of anilines is 1. The van der Waals surface area contributed by atoms with Gasteiger partial charge in [-0.25, -0.2) is 28.7 Å². The highest BCUT2D eigenvalue weighted by Crippen LogP contribution is 2.27. The molecule has 142 valence electrons. The largest absolute Gasteiger partial charge is 0.369 e. The van der Waals surface area contributed by atoms with Crippen molar-refractivity contribution in [2.45, 2.75) is 6.42 Å². The summed E-state index contributed by atoms with van der Waals surface area (Å²) in [5.41, 5.74) is 9.65. The summed E-state index contributed by atoms with van der Waals surface area (Å²) in [6.07, 6.45) is 6.87. The fourth-order valence-electron chi connectivity index (χ4n) is 3.48. The van der Waals surface area contributed by atoms with Crippen LogP contribution >= 0.6 is 0 Å². The lowest BCUT2D eigenvalue weighted by molar-refractivity contribution is 0.626. The van der Waals surface area contributed by atoms with E-state index in [2.05, 4.69) is 19.9 Å². The first-order valence-electron chi connectivity index (χ1n) is 8.85. The molecule has 0 saturated carbocycles. The molecule has 0 fully saturated rings. The van der Waals surface area contributed by atoms with Crippen LogP contribution in [-0.2, 0) is 6.42 Å². The fraction of sp³-hybridized carbons (Fsp3) is 0.0476. The van der Waals surface area contributed by atoms with Crippen molar-refractivity contribution in [1.82, 2.24) is 24.3 Å². The summed E-state index contributed by atoms with van der Waals surface area (Å²) in [6.45, 7) is 0. The average Bonchev–Trinajstić information content (AvgIpc) is 3.14. The average molecular weight is 388 g/mol. The van der Waals surface area contributed by atoms with Gasteiger partial charge in [-0.15, -0.1) is 0 Å². The number of nitrogens with zero attached hydrogens (tertiary/aromatic N) is 5. The molecule has 8 heteroatoms. The number of hydrogen-bond acceptors (Lipinski definition) is 5. The molecule has 2 N–H and O–H groups in total. The number of fused-ring (bicyclic) bond motifs is 3. The molecule has 3 aromatic heterocycles. The van der Waals surface area contributed by atoms with Gasteiger partial charge in [0.25, 0.3) is 0 Å². The first-order valence-corrected chi connectivity index (χ1v) is 8.85. The predicted octanol–water partition coefficient (Wildman–Crippen LogP) is 3.79. The fourth-order valence-corrected chi connectivity index (χ4v) is 3.48. The van der Waals surface area contributed by atoms with E-state index in [1.165, 1.54) is 24.5 Å². The highest BCUT2D eigenvalue weighted by Gasteiger charge is 2.15. The maximum absolute atomic E-state index is 14.1. The number of nitrogens with two attached hydrogens (primary N) is 1. The van der Waals surface area contributed by atoms with Crippen LogP contribution in [0.25, 0.3) is 27.7 Å². The lowest BCUT2D eigenvalue weighted by Crippen LogP contribution is -2.01. The lowest BCUT2D eigenvalue weighted by atomic mass is 9.98. The van der Waals surface area contributed by atoms with Gasteiger partial charge >= 0.3 is 0 Å². The van der Waals surface area contributed by atoms with Gasteiger partial charge in [0, 0.05) is 36.0 Å². The van der Waals surface area contributed by atoms with Crippen molar-refractivity contribution in [1.29, 1.82) is 0 Å². The Morgan fingerprint density at radius 3 is 2.66 bits per heavy atom. The number of rotatable bonds is 3. The molecule has 0 bridgehead atoms. The van der Waals surface area contributed by atoms with Crippen LogP contribution in [0.2, 0.25) is 0 Å². The molecule has 6 nitrogen and oxygen atoms in total. The van der Waals surface area contributed by atoms with Gasteiger partial charge in [-0.3, -0.25) is 4.40 Å². The maximum atomic E-state index is 14.1. The van der Waals surface area contributed by atoms with Crippen LogP contribution in [-0.4, -0.2) is 24.3 Å². The molecule has 0 radical (unpaired) electrons. The molecule has 5 aromatic rings. The third-order valence-electron chi connectivity index (χ3n) is 4.77. The Kier molecular flexibility index (Phi) is 3.90. The third kappa shape index (κ3) is 2.94. The zero-order valence-corrected chi connectivity index (χ0v) is 15.0. The summed E-state index contributed by atoms with van der Waals surface area (Å²) < 4.78 is 29.7. The van der Waals surface area contributed by atoms with Gasteiger partial charge < -0.3 is 5.73 Å². The van der Waals surface area contributed by atoms with Crippen LogP contribution in [0.15, 0.2) is 61.3 Å². The molecular formula is C21H14F2N6. The molecule has 0 spiro atoms. The molecule has 2 aromatic carbocycles. The smallest absolute Gasteiger partial charge is 0.206 e. The third-order valence-corrected chi connectivity index (χ3v) is 4.77. The van der Waals surface area contributed by atoms with Gasteiger partial charge in [-0.2, -0.15) is 0 Å². The van der Waals surface area contributed by atoms with Gasteiger partial charge in [0.2, 0.25) is 5.95 Å². The Balaban J connectivity index is 1.65. The topological polar surface area (TPSA) is 82.0 Å². The minimum atomic E-state index is -0.460. The van der Waals surface area contributed by atoms with E-state index in [1.807, 2.05) is 0 Å². The normalized spacial score (nSPS) is 11.4. The summed E-state index contributed by atoms with van der Waals surface area (Å²) in [5.74, 6) is -0.678. The minimum absolute atomic E-state index is 0.132. The second kappa shape index (κ2) is 6.59. The quantitative estimate of drug-likeness (QED) is 0.509. The second-order valence-corrected chi connectivity index (χ2v) is 6.64. The SMILES string of the molecule is Nc1nc2c(F)cccc2c2nc(Cc3cc(F)ccc3-c3cncnc3)cn12. The van der Waals surface area contributed by atoms with Crippen molar-refractivity contribution in [3.63, 3.8) is 0 Å². The molecule has 0 amide bonds. The molecule has 3 heterocycles. The molecule has 0 saturated heterocycles. The van der Waals surface area contributed by atoms with Crippen molar-refractivity contribution in [3.05, 3.63) is 84.2 Å². The zero-order valence-electron chi connectivity index (χ0n) is 15.0. The van der Waals surface area contributed by atoms with Crippen LogP contribution in [0.3, 0.4) is 0 Å². The predicted molar refractivity (Wildman–Crippen MR) is 105 cm³/mol. The number of hydrogen-bond donors (Lipinski definition) is 1. The van der Waals surface area contributed by atoms with Crippen LogP contribution in [0, 0.1) is 11.6 Å². The Morgan fingerprint density at radius 1 is 1.00 bits per heavy atom. The number of halogens is 2.